The molecule has 0 spiro atoms. The number of fused-ring (bicyclic) bond motifs is 1. The van der Waals surface area contributed by atoms with Crippen LogP contribution in [0.1, 0.15) is 34.3 Å². The van der Waals surface area contributed by atoms with Gasteiger partial charge in [0.15, 0.2) is 0 Å². The van der Waals surface area contributed by atoms with E-state index in [1.54, 1.807) is 17.3 Å². The van der Waals surface area contributed by atoms with Crippen molar-refractivity contribution in [2.45, 2.75) is 32.0 Å². The van der Waals surface area contributed by atoms with Crippen LogP contribution in [0.25, 0.3) is 0 Å². The molecule has 5 rings (SSSR count). The number of amides is 3. The third-order valence-corrected chi connectivity index (χ3v) is 6.15. The Labute approximate surface area is 185 Å². The molecular formula is C22H25N7O3. The molecule has 2 fully saturated rings. The highest BCUT2D eigenvalue weighted by Crippen LogP contribution is 2.28. The van der Waals surface area contributed by atoms with Gasteiger partial charge >= 0.3 is 0 Å². The fraction of sp³-hybridized carbons (Fsp3) is 0.409. The van der Waals surface area contributed by atoms with Gasteiger partial charge in [-0.05, 0) is 23.6 Å². The molecule has 1 atom stereocenters. The van der Waals surface area contributed by atoms with Crippen molar-refractivity contribution >= 4 is 29.4 Å². The highest BCUT2D eigenvalue weighted by Gasteiger charge is 2.39. The molecule has 10 nitrogen and oxygen atoms in total. The molecule has 1 unspecified atom stereocenters. The molecule has 166 valence electrons. The number of anilines is 2. The van der Waals surface area contributed by atoms with Crippen molar-refractivity contribution in [3.05, 3.63) is 47.3 Å². The first kappa shape index (κ1) is 20.4. The standard InChI is InChI=1S/C22H25N7O3/c30-20-4-3-17(21(31)27-20)29-13-15-2-1-14(9-16(15)22(29)32)10-24-18-11-26-19(12-25-18)28-7-5-23-6-8-28/h1-2,9,11-12,17,23H,3-8,10,13H2,(H,24,25)(H,27,30,31). The molecule has 1 aromatic carbocycles. The van der Waals surface area contributed by atoms with Crippen LogP contribution in [-0.4, -0.2) is 64.8 Å². The van der Waals surface area contributed by atoms with Gasteiger partial charge in [0.1, 0.15) is 17.7 Å². The monoisotopic (exact) mass is 435 g/mol. The summed E-state index contributed by atoms with van der Waals surface area (Å²) in [5.41, 5.74) is 2.44. The zero-order chi connectivity index (χ0) is 22.1. The number of piperazine rings is 1. The van der Waals surface area contributed by atoms with Gasteiger partial charge in [-0.2, -0.15) is 0 Å². The summed E-state index contributed by atoms with van der Waals surface area (Å²) in [5, 5.41) is 8.90. The third kappa shape index (κ3) is 4.01. The SMILES string of the molecule is O=C1CCC(N2Cc3ccc(CNc4cnc(N5CCNCC5)cn4)cc3C2=O)C(=O)N1. The number of piperidine rings is 1. The topological polar surface area (TPSA) is 120 Å². The minimum absolute atomic E-state index is 0.170. The molecule has 0 aliphatic carbocycles. The summed E-state index contributed by atoms with van der Waals surface area (Å²) in [6.07, 6.45) is 4.11. The molecule has 2 aromatic rings. The Morgan fingerprint density at radius 2 is 1.94 bits per heavy atom. The number of hydrogen-bond donors (Lipinski definition) is 3. The van der Waals surface area contributed by atoms with E-state index in [-0.39, 0.29) is 18.2 Å². The first-order chi connectivity index (χ1) is 15.6. The second-order valence-corrected chi connectivity index (χ2v) is 8.24. The van der Waals surface area contributed by atoms with Crippen LogP contribution >= 0.6 is 0 Å². The molecule has 3 aliphatic heterocycles. The van der Waals surface area contributed by atoms with Crippen molar-refractivity contribution in [2.24, 2.45) is 0 Å². The number of rotatable bonds is 5. The number of benzene rings is 1. The summed E-state index contributed by atoms with van der Waals surface area (Å²) < 4.78 is 0. The summed E-state index contributed by atoms with van der Waals surface area (Å²) in [6, 6.07) is 5.16. The molecule has 3 N–H and O–H groups in total. The van der Waals surface area contributed by atoms with Gasteiger partial charge in [0, 0.05) is 51.3 Å². The van der Waals surface area contributed by atoms with Crippen LogP contribution in [0.2, 0.25) is 0 Å². The van der Waals surface area contributed by atoms with E-state index in [0.29, 0.717) is 30.9 Å². The second-order valence-electron chi connectivity index (χ2n) is 8.24. The minimum atomic E-state index is -0.598. The van der Waals surface area contributed by atoms with Crippen LogP contribution in [0.5, 0.6) is 0 Å². The van der Waals surface area contributed by atoms with Crippen molar-refractivity contribution in [3.8, 4) is 0 Å². The number of aromatic nitrogens is 2. The zero-order valence-electron chi connectivity index (χ0n) is 17.6. The fourth-order valence-corrected chi connectivity index (χ4v) is 4.37. The highest BCUT2D eigenvalue weighted by molar-refractivity contribution is 6.05. The first-order valence-corrected chi connectivity index (χ1v) is 10.9. The molecule has 0 radical (unpaired) electrons. The van der Waals surface area contributed by atoms with Gasteiger partial charge in [-0.15, -0.1) is 0 Å². The molecule has 3 amide bonds. The van der Waals surface area contributed by atoms with E-state index in [1.165, 1.54) is 0 Å². The van der Waals surface area contributed by atoms with Crippen LogP contribution in [0.15, 0.2) is 30.6 Å². The van der Waals surface area contributed by atoms with E-state index in [9.17, 15) is 14.4 Å². The van der Waals surface area contributed by atoms with Crippen LogP contribution in [0.4, 0.5) is 11.6 Å². The Morgan fingerprint density at radius 1 is 1.09 bits per heavy atom. The number of nitrogens with zero attached hydrogens (tertiary/aromatic N) is 4. The lowest BCUT2D eigenvalue weighted by atomic mass is 10.0. The lowest BCUT2D eigenvalue weighted by Gasteiger charge is -2.29. The largest absolute Gasteiger partial charge is 0.365 e. The lowest BCUT2D eigenvalue weighted by Crippen LogP contribution is -2.52. The van der Waals surface area contributed by atoms with E-state index in [2.05, 4.69) is 30.8 Å². The second kappa shape index (κ2) is 8.54. The summed E-state index contributed by atoms with van der Waals surface area (Å²) in [4.78, 5) is 49.3. The maximum atomic E-state index is 12.9. The number of imide groups is 1. The molecule has 4 heterocycles. The maximum absolute atomic E-state index is 12.9. The molecule has 32 heavy (non-hydrogen) atoms. The van der Waals surface area contributed by atoms with Gasteiger partial charge in [0.05, 0.1) is 12.4 Å². The first-order valence-electron chi connectivity index (χ1n) is 10.9. The molecule has 2 saturated heterocycles. The number of hydrogen-bond acceptors (Lipinski definition) is 8. The van der Waals surface area contributed by atoms with Crippen LogP contribution < -0.4 is 20.9 Å². The fourth-order valence-electron chi connectivity index (χ4n) is 4.37. The van der Waals surface area contributed by atoms with Crippen molar-refractivity contribution in [1.82, 2.24) is 25.5 Å². The van der Waals surface area contributed by atoms with Gasteiger partial charge in [-0.3, -0.25) is 19.7 Å². The third-order valence-electron chi connectivity index (χ3n) is 6.15. The van der Waals surface area contributed by atoms with Gasteiger partial charge in [-0.1, -0.05) is 12.1 Å². The summed E-state index contributed by atoms with van der Waals surface area (Å²) >= 11 is 0. The van der Waals surface area contributed by atoms with Crippen molar-refractivity contribution in [3.63, 3.8) is 0 Å². The van der Waals surface area contributed by atoms with Crippen LogP contribution in [0.3, 0.4) is 0 Å². The van der Waals surface area contributed by atoms with E-state index in [0.717, 1.165) is 43.1 Å². The van der Waals surface area contributed by atoms with E-state index in [1.807, 2.05) is 18.2 Å². The molecular weight excluding hydrogens is 410 g/mol. The van der Waals surface area contributed by atoms with Gasteiger partial charge in [0.25, 0.3) is 5.91 Å². The van der Waals surface area contributed by atoms with Crippen molar-refractivity contribution in [1.29, 1.82) is 0 Å². The van der Waals surface area contributed by atoms with Gasteiger partial charge in [0.2, 0.25) is 11.8 Å². The molecule has 1 aromatic heterocycles. The average molecular weight is 435 g/mol. The molecule has 10 heteroatoms. The molecule has 0 bridgehead atoms. The Kier molecular flexibility index (Phi) is 5.44. The predicted octanol–water partition coefficient (Wildman–Crippen LogP) is 0.259. The average Bonchev–Trinajstić information content (AvgIpc) is 3.14. The van der Waals surface area contributed by atoms with Crippen LogP contribution in [-0.2, 0) is 22.7 Å². The number of carbonyl (C=O) groups is 3. The maximum Gasteiger partial charge on any atom is 0.255 e. The minimum Gasteiger partial charge on any atom is -0.365 e. The molecule has 3 aliphatic rings. The predicted molar refractivity (Wildman–Crippen MR) is 117 cm³/mol. The van der Waals surface area contributed by atoms with E-state index in [4.69, 9.17) is 0 Å². The van der Waals surface area contributed by atoms with Gasteiger partial charge < -0.3 is 20.4 Å². The summed E-state index contributed by atoms with van der Waals surface area (Å²) in [7, 11) is 0. The Balaban J connectivity index is 1.22. The zero-order valence-corrected chi connectivity index (χ0v) is 17.6. The van der Waals surface area contributed by atoms with Crippen LogP contribution in [0, 0.1) is 0 Å². The Hall–Kier alpha value is -3.53. The summed E-state index contributed by atoms with van der Waals surface area (Å²) in [6.45, 7) is 4.61. The number of nitrogens with one attached hydrogen (secondary N) is 3. The van der Waals surface area contributed by atoms with Crippen molar-refractivity contribution in [2.75, 3.05) is 36.4 Å². The van der Waals surface area contributed by atoms with Gasteiger partial charge in [-0.25, -0.2) is 9.97 Å². The number of carbonyl (C=O) groups excluding carboxylic acids is 3. The van der Waals surface area contributed by atoms with Crippen molar-refractivity contribution < 1.29 is 14.4 Å². The molecule has 0 saturated carbocycles. The highest BCUT2D eigenvalue weighted by atomic mass is 16.2. The smallest absolute Gasteiger partial charge is 0.255 e. The quantitative estimate of drug-likeness (QED) is 0.572. The Morgan fingerprint density at radius 3 is 2.69 bits per heavy atom. The normalized spacial score (nSPS) is 20.9. The van der Waals surface area contributed by atoms with E-state index >= 15 is 0 Å². The van der Waals surface area contributed by atoms with E-state index < -0.39 is 11.9 Å². The lowest BCUT2D eigenvalue weighted by molar-refractivity contribution is -0.136. The summed E-state index contributed by atoms with van der Waals surface area (Å²) in [5.74, 6) is 0.686. The Bertz CT molecular complexity index is 1050.